The fraction of sp³-hybridized carbons (Fsp3) is 0.368. The molecule has 2 N–H and O–H groups in total. The maximum Gasteiger partial charge on any atom is 0.242 e. The van der Waals surface area contributed by atoms with Gasteiger partial charge in [0, 0.05) is 11.6 Å². The zero-order valence-corrected chi connectivity index (χ0v) is 17.4. The van der Waals surface area contributed by atoms with Crippen molar-refractivity contribution in [3.05, 3.63) is 57.1 Å². The smallest absolute Gasteiger partial charge is 0.242 e. The normalized spacial score (nSPS) is 19.6. The average molecular weight is 430 g/mol. The number of hydrogen-bond acceptors (Lipinski definition) is 4. The van der Waals surface area contributed by atoms with Crippen LogP contribution in [0, 0.1) is 6.92 Å². The minimum absolute atomic E-state index is 0.0406. The van der Waals surface area contributed by atoms with Gasteiger partial charge in [-0.05, 0) is 67.1 Å². The fourth-order valence-electron chi connectivity index (χ4n) is 3.38. The third-order valence-corrected chi connectivity index (χ3v) is 7.18. The highest BCUT2D eigenvalue weighted by Crippen LogP contribution is 2.37. The van der Waals surface area contributed by atoms with Crippen molar-refractivity contribution in [1.82, 2.24) is 4.72 Å². The second-order valence-corrected chi connectivity index (χ2v) is 9.31. The number of aliphatic hydroxyl groups is 1. The van der Waals surface area contributed by atoms with Crippen LogP contribution in [0.25, 0.3) is 0 Å². The largest absolute Gasteiger partial charge is 0.497 e. The Morgan fingerprint density at radius 3 is 2.67 bits per heavy atom. The van der Waals surface area contributed by atoms with Gasteiger partial charge in [-0.1, -0.05) is 29.3 Å². The zero-order chi connectivity index (χ0) is 19.8. The van der Waals surface area contributed by atoms with Crippen LogP contribution in [0.15, 0.2) is 35.2 Å². The summed E-state index contributed by atoms with van der Waals surface area (Å²) >= 11 is 12.1. The van der Waals surface area contributed by atoms with Crippen LogP contribution in [0.2, 0.25) is 10.0 Å². The maximum atomic E-state index is 12.7. The van der Waals surface area contributed by atoms with Crippen molar-refractivity contribution in [2.75, 3.05) is 13.7 Å². The van der Waals surface area contributed by atoms with E-state index in [0.29, 0.717) is 22.8 Å². The van der Waals surface area contributed by atoms with Gasteiger partial charge in [0.05, 0.1) is 12.1 Å². The monoisotopic (exact) mass is 429 g/mol. The highest BCUT2D eigenvalue weighted by atomic mass is 35.5. The predicted molar refractivity (Wildman–Crippen MR) is 106 cm³/mol. The van der Waals surface area contributed by atoms with Crippen LogP contribution in [-0.2, 0) is 22.0 Å². The molecular formula is C19H21Cl2NO4S. The quantitative estimate of drug-likeness (QED) is 0.757. The molecule has 5 nitrogen and oxygen atoms in total. The van der Waals surface area contributed by atoms with Gasteiger partial charge in [-0.2, -0.15) is 0 Å². The lowest BCUT2D eigenvalue weighted by molar-refractivity contribution is 0.0242. The number of fused-ring (bicyclic) bond motifs is 1. The number of nitrogens with one attached hydrogen (secondary N) is 1. The summed E-state index contributed by atoms with van der Waals surface area (Å²) in [6, 6.07) is 8.28. The van der Waals surface area contributed by atoms with Crippen LogP contribution in [-0.4, -0.2) is 27.2 Å². The first kappa shape index (κ1) is 20.4. The highest BCUT2D eigenvalue weighted by molar-refractivity contribution is 7.89. The van der Waals surface area contributed by atoms with Gasteiger partial charge in [0.2, 0.25) is 10.0 Å². The Hall–Kier alpha value is -1.31. The van der Waals surface area contributed by atoms with Gasteiger partial charge in [0.1, 0.15) is 16.2 Å². The molecule has 0 radical (unpaired) electrons. The third-order valence-electron chi connectivity index (χ3n) is 4.91. The summed E-state index contributed by atoms with van der Waals surface area (Å²) in [7, 11) is -2.32. The van der Waals surface area contributed by atoms with E-state index in [1.54, 1.807) is 26.2 Å². The Morgan fingerprint density at radius 2 is 1.96 bits per heavy atom. The fourth-order valence-corrected chi connectivity index (χ4v) is 5.30. The Kier molecular flexibility index (Phi) is 5.75. The van der Waals surface area contributed by atoms with Crippen LogP contribution < -0.4 is 9.46 Å². The maximum absolute atomic E-state index is 12.7. The molecule has 0 bridgehead atoms. The SMILES string of the molecule is COc1ccc2c(c1)CCCC2(O)CNS(=O)(=O)c1cc(C)c(Cl)cc1Cl. The molecule has 2 aromatic rings. The van der Waals surface area contributed by atoms with Gasteiger partial charge in [0.25, 0.3) is 0 Å². The first-order chi connectivity index (χ1) is 12.7. The first-order valence-corrected chi connectivity index (χ1v) is 10.8. The predicted octanol–water partition coefficient (Wildman–Crippen LogP) is 3.81. The zero-order valence-electron chi connectivity index (χ0n) is 15.1. The second-order valence-electron chi connectivity index (χ2n) is 6.76. The van der Waals surface area contributed by atoms with E-state index in [-0.39, 0.29) is 16.5 Å². The van der Waals surface area contributed by atoms with E-state index < -0.39 is 15.6 Å². The van der Waals surface area contributed by atoms with E-state index in [1.165, 1.54) is 12.1 Å². The van der Waals surface area contributed by atoms with Crippen molar-refractivity contribution in [2.24, 2.45) is 0 Å². The molecule has 0 heterocycles. The number of halogens is 2. The Bertz CT molecular complexity index is 978. The van der Waals surface area contributed by atoms with E-state index in [2.05, 4.69) is 4.72 Å². The molecule has 8 heteroatoms. The van der Waals surface area contributed by atoms with E-state index in [9.17, 15) is 13.5 Å². The third kappa shape index (κ3) is 4.10. The molecule has 0 fully saturated rings. The Labute approximate surface area is 169 Å². The molecule has 2 aromatic carbocycles. The molecule has 0 aliphatic heterocycles. The molecule has 3 rings (SSSR count). The van der Waals surface area contributed by atoms with Gasteiger partial charge in [-0.15, -0.1) is 0 Å². The number of aryl methyl sites for hydroxylation is 2. The van der Waals surface area contributed by atoms with Crippen molar-refractivity contribution in [2.45, 2.75) is 36.7 Å². The molecule has 1 aliphatic carbocycles. The van der Waals surface area contributed by atoms with Crippen molar-refractivity contribution >= 4 is 33.2 Å². The molecule has 0 saturated carbocycles. The lowest BCUT2D eigenvalue weighted by Crippen LogP contribution is -2.43. The summed E-state index contributed by atoms with van der Waals surface area (Å²) in [5, 5.41) is 11.6. The number of benzene rings is 2. The molecule has 0 amide bonds. The number of hydrogen-bond donors (Lipinski definition) is 2. The summed E-state index contributed by atoms with van der Waals surface area (Å²) in [6.45, 7) is 1.56. The van der Waals surface area contributed by atoms with E-state index in [4.69, 9.17) is 27.9 Å². The minimum Gasteiger partial charge on any atom is -0.497 e. The minimum atomic E-state index is -3.91. The average Bonchev–Trinajstić information content (AvgIpc) is 2.63. The number of sulfonamides is 1. The second kappa shape index (κ2) is 7.60. The summed E-state index contributed by atoms with van der Waals surface area (Å²) in [5.74, 6) is 0.710. The lowest BCUT2D eigenvalue weighted by atomic mass is 9.79. The number of methoxy groups -OCH3 is 1. The molecule has 1 unspecified atom stereocenters. The van der Waals surface area contributed by atoms with Crippen LogP contribution >= 0.6 is 23.2 Å². The van der Waals surface area contributed by atoms with Crippen LogP contribution in [0.3, 0.4) is 0 Å². The van der Waals surface area contributed by atoms with Crippen LogP contribution in [0.1, 0.15) is 29.5 Å². The summed E-state index contributed by atoms with van der Waals surface area (Å²) in [4.78, 5) is -0.0552. The molecule has 0 aromatic heterocycles. The van der Waals surface area contributed by atoms with Gasteiger partial charge in [-0.25, -0.2) is 13.1 Å². The molecule has 146 valence electrons. The Balaban J connectivity index is 1.88. The molecule has 27 heavy (non-hydrogen) atoms. The van der Waals surface area contributed by atoms with Crippen molar-refractivity contribution in [3.8, 4) is 5.75 Å². The van der Waals surface area contributed by atoms with Gasteiger partial charge >= 0.3 is 0 Å². The summed E-state index contributed by atoms with van der Waals surface area (Å²) in [6.07, 6.45) is 2.02. The summed E-state index contributed by atoms with van der Waals surface area (Å²) in [5.41, 5.74) is 0.995. The van der Waals surface area contributed by atoms with Crippen molar-refractivity contribution in [3.63, 3.8) is 0 Å². The number of rotatable bonds is 5. The number of ether oxygens (including phenoxy) is 1. The molecule has 0 saturated heterocycles. The molecule has 1 atom stereocenters. The van der Waals surface area contributed by atoms with Crippen LogP contribution in [0.4, 0.5) is 0 Å². The molecular weight excluding hydrogens is 409 g/mol. The first-order valence-electron chi connectivity index (χ1n) is 8.51. The van der Waals surface area contributed by atoms with Gasteiger partial charge < -0.3 is 9.84 Å². The van der Waals surface area contributed by atoms with E-state index >= 15 is 0 Å². The van der Waals surface area contributed by atoms with E-state index in [0.717, 1.165) is 24.0 Å². The Morgan fingerprint density at radius 1 is 1.22 bits per heavy atom. The molecule has 1 aliphatic rings. The molecule has 0 spiro atoms. The van der Waals surface area contributed by atoms with Crippen LogP contribution in [0.5, 0.6) is 5.75 Å². The van der Waals surface area contributed by atoms with Gasteiger partial charge in [-0.3, -0.25) is 0 Å². The van der Waals surface area contributed by atoms with Gasteiger partial charge in [0.15, 0.2) is 0 Å². The summed E-state index contributed by atoms with van der Waals surface area (Å²) < 4.78 is 33.2. The van der Waals surface area contributed by atoms with Crippen molar-refractivity contribution in [1.29, 1.82) is 0 Å². The standard InChI is InChI=1S/C19H21Cl2NO4S/c1-12-8-18(17(21)10-16(12)20)27(24,25)22-11-19(23)7-3-4-13-9-14(26-2)5-6-15(13)19/h5-6,8-10,22-23H,3-4,7,11H2,1-2H3. The topological polar surface area (TPSA) is 75.6 Å². The van der Waals surface area contributed by atoms with E-state index in [1.807, 2.05) is 6.07 Å². The highest BCUT2D eigenvalue weighted by Gasteiger charge is 2.36. The van der Waals surface area contributed by atoms with Crippen molar-refractivity contribution < 1.29 is 18.3 Å². The lowest BCUT2D eigenvalue weighted by Gasteiger charge is -2.34.